The fourth-order valence-corrected chi connectivity index (χ4v) is 2.17. The lowest BCUT2D eigenvalue weighted by molar-refractivity contribution is 0.230. The molecule has 0 amide bonds. The second-order valence-corrected chi connectivity index (χ2v) is 4.95. The monoisotopic (exact) mass is 259 g/mol. The number of nitrogens with two attached hydrogens (primary N) is 1. The first kappa shape index (κ1) is 13.7. The van der Waals surface area contributed by atoms with Crippen LogP contribution in [0.25, 0.3) is 0 Å². The third-order valence-electron chi connectivity index (χ3n) is 3.29. The van der Waals surface area contributed by atoms with E-state index in [2.05, 4.69) is 11.0 Å². The molecule has 19 heavy (non-hydrogen) atoms. The SMILES string of the molecule is N#CCCN(CCCOc1cccc(N)c1)C1CC1. The molecular weight excluding hydrogens is 238 g/mol. The minimum absolute atomic E-state index is 0.618. The number of hydrogen-bond donors (Lipinski definition) is 1. The number of hydrogen-bond acceptors (Lipinski definition) is 4. The molecule has 1 fully saturated rings. The standard InChI is InChI=1S/C15H21N3O/c16-8-2-9-18(14-6-7-14)10-3-11-19-15-5-1-4-13(17)12-15/h1,4-5,12,14H,2-3,6-7,9-11,17H2. The Morgan fingerprint density at radius 2 is 2.21 bits per heavy atom. The Kier molecular flexibility index (Phi) is 5.05. The van der Waals surface area contributed by atoms with Crippen molar-refractivity contribution in [2.75, 3.05) is 25.4 Å². The number of rotatable bonds is 8. The number of benzene rings is 1. The third-order valence-corrected chi connectivity index (χ3v) is 3.29. The van der Waals surface area contributed by atoms with E-state index in [9.17, 15) is 0 Å². The van der Waals surface area contributed by atoms with Crippen molar-refractivity contribution in [3.63, 3.8) is 0 Å². The topological polar surface area (TPSA) is 62.3 Å². The fraction of sp³-hybridized carbons (Fsp3) is 0.533. The molecule has 1 aliphatic rings. The number of anilines is 1. The number of ether oxygens (including phenoxy) is 1. The molecule has 2 rings (SSSR count). The summed E-state index contributed by atoms with van der Waals surface area (Å²) in [7, 11) is 0. The molecule has 1 saturated carbocycles. The zero-order chi connectivity index (χ0) is 13.5. The lowest BCUT2D eigenvalue weighted by Crippen LogP contribution is -2.29. The van der Waals surface area contributed by atoms with Crippen molar-refractivity contribution in [1.82, 2.24) is 4.90 Å². The van der Waals surface area contributed by atoms with Crippen LogP contribution in [-0.2, 0) is 0 Å². The van der Waals surface area contributed by atoms with Crippen molar-refractivity contribution in [3.05, 3.63) is 24.3 Å². The van der Waals surface area contributed by atoms with E-state index < -0.39 is 0 Å². The minimum atomic E-state index is 0.618. The maximum Gasteiger partial charge on any atom is 0.121 e. The molecular formula is C15H21N3O. The summed E-state index contributed by atoms with van der Waals surface area (Å²) in [6.07, 6.45) is 4.16. The highest BCUT2D eigenvalue weighted by molar-refractivity contribution is 5.43. The van der Waals surface area contributed by atoms with Gasteiger partial charge in [-0.15, -0.1) is 0 Å². The van der Waals surface area contributed by atoms with Gasteiger partial charge in [-0.2, -0.15) is 5.26 Å². The average Bonchev–Trinajstić information content (AvgIpc) is 3.22. The molecule has 4 heteroatoms. The van der Waals surface area contributed by atoms with Crippen LogP contribution in [0.1, 0.15) is 25.7 Å². The predicted octanol–water partition coefficient (Wildman–Crippen LogP) is 2.42. The average molecular weight is 259 g/mol. The third kappa shape index (κ3) is 4.80. The normalized spacial score (nSPS) is 14.3. The van der Waals surface area contributed by atoms with Gasteiger partial charge in [0.15, 0.2) is 0 Å². The highest BCUT2D eigenvalue weighted by Crippen LogP contribution is 2.26. The predicted molar refractivity (Wildman–Crippen MR) is 75.8 cm³/mol. The zero-order valence-corrected chi connectivity index (χ0v) is 11.2. The van der Waals surface area contributed by atoms with E-state index in [1.165, 1.54) is 12.8 Å². The molecule has 0 heterocycles. The maximum absolute atomic E-state index is 8.65. The molecule has 1 aromatic rings. The van der Waals surface area contributed by atoms with E-state index in [1.807, 2.05) is 24.3 Å². The minimum Gasteiger partial charge on any atom is -0.493 e. The van der Waals surface area contributed by atoms with Gasteiger partial charge in [0.1, 0.15) is 5.75 Å². The molecule has 0 bridgehead atoms. The second kappa shape index (κ2) is 7.01. The fourth-order valence-electron chi connectivity index (χ4n) is 2.17. The molecule has 0 atom stereocenters. The quantitative estimate of drug-likeness (QED) is 0.575. The Bertz CT molecular complexity index is 437. The van der Waals surface area contributed by atoms with E-state index in [-0.39, 0.29) is 0 Å². The van der Waals surface area contributed by atoms with Crippen LogP contribution in [0.3, 0.4) is 0 Å². The summed E-state index contributed by atoms with van der Waals surface area (Å²) in [6, 6.07) is 10.4. The summed E-state index contributed by atoms with van der Waals surface area (Å²) < 4.78 is 5.67. The molecule has 0 aromatic heterocycles. The van der Waals surface area contributed by atoms with Crippen LogP contribution < -0.4 is 10.5 Å². The summed E-state index contributed by atoms with van der Waals surface area (Å²) in [5.41, 5.74) is 6.42. The molecule has 0 radical (unpaired) electrons. The van der Waals surface area contributed by atoms with Crippen LogP contribution in [0, 0.1) is 11.3 Å². The van der Waals surface area contributed by atoms with Gasteiger partial charge in [-0.1, -0.05) is 6.07 Å². The smallest absolute Gasteiger partial charge is 0.121 e. The van der Waals surface area contributed by atoms with Crippen molar-refractivity contribution in [2.45, 2.75) is 31.7 Å². The number of nitrogens with zero attached hydrogens (tertiary/aromatic N) is 2. The van der Waals surface area contributed by atoms with Gasteiger partial charge in [-0.05, 0) is 31.4 Å². The highest BCUT2D eigenvalue weighted by Gasteiger charge is 2.27. The number of nitriles is 1. The first-order valence-electron chi connectivity index (χ1n) is 6.89. The summed E-state index contributed by atoms with van der Waals surface area (Å²) in [4.78, 5) is 2.41. The van der Waals surface area contributed by atoms with Gasteiger partial charge in [0.05, 0.1) is 12.7 Å². The lowest BCUT2D eigenvalue weighted by Gasteiger charge is -2.20. The summed E-state index contributed by atoms with van der Waals surface area (Å²) in [6.45, 7) is 2.59. The lowest BCUT2D eigenvalue weighted by atomic mass is 10.3. The Morgan fingerprint density at radius 3 is 2.89 bits per heavy atom. The molecule has 0 unspecified atom stereocenters. The van der Waals surface area contributed by atoms with E-state index in [0.29, 0.717) is 19.1 Å². The van der Waals surface area contributed by atoms with Gasteiger partial charge in [-0.25, -0.2) is 0 Å². The van der Waals surface area contributed by atoms with Crippen LogP contribution in [-0.4, -0.2) is 30.6 Å². The summed E-state index contributed by atoms with van der Waals surface area (Å²) in [5, 5.41) is 8.65. The highest BCUT2D eigenvalue weighted by atomic mass is 16.5. The molecule has 0 saturated heterocycles. The zero-order valence-electron chi connectivity index (χ0n) is 11.2. The van der Waals surface area contributed by atoms with Crippen LogP contribution in [0.5, 0.6) is 5.75 Å². The van der Waals surface area contributed by atoms with Crippen LogP contribution >= 0.6 is 0 Å². The molecule has 102 valence electrons. The maximum atomic E-state index is 8.65. The first-order valence-corrected chi connectivity index (χ1v) is 6.89. The summed E-state index contributed by atoms with van der Waals surface area (Å²) >= 11 is 0. The summed E-state index contributed by atoms with van der Waals surface area (Å²) in [5.74, 6) is 0.829. The van der Waals surface area contributed by atoms with Gasteiger partial charge in [-0.3, -0.25) is 4.90 Å². The van der Waals surface area contributed by atoms with Crippen molar-refractivity contribution >= 4 is 5.69 Å². The van der Waals surface area contributed by atoms with Gasteiger partial charge in [0.25, 0.3) is 0 Å². The van der Waals surface area contributed by atoms with E-state index >= 15 is 0 Å². The van der Waals surface area contributed by atoms with E-state index in [1.54, 1.807) is 0 Å². The van der Waals surface area contributed by atoms with Crippen LogP contribution in [0.4, 0.5) is 5.69 Å². The molecule has 1 aliphatic carbocycles. The molecule has 0 spiro atoms. The van der Waals surface area contributed by atoms with Gasteiger partial charge in [0, 0.05) is 37.3 Å². The van der Waals surface area contributed by atoms with Crippen LogP contribution in [0.2, 0.25) is 0 Å². The van der Waals surface area contributed by atoms with Crippen molar-refractivity contribution in [3.8, 4) is 11.8 Å². The Labute approximate surface area is 114 Å². The molecule has 4 nitrogen and oxygen atoms in total. The molecule has 0 aliphatic heterocycles. The van der Waals surface area contributed by atoms with Gasteiger partial charge < -0.3 is 10.5 Å². The second-order valence-electron chi connectivity index (χ2n) is 4.95. The van der Waals surface area contributed by atoms with E-state index in [4.69, 9.17) is 15.7 Å². The molecule has 2 N–H and O–H groups in total. The number of nitrogen functional groups attached to an aromatic ring is 1. The Balaban J connectivity index is 1.66. The van der Waals surface area contributed by atoms with Gasteiger partial charge in [0.2, 0.25) is 0 Å². The van der Waals surface area contributed by atoms with E-state index in [0.717, 1.165) is 30.9 Å². The Hall–Kier alpha value is -1.73. The first-order chi connectivity index (χ1) is 9.29. The van der Waals surface area contributed by atoms with Crippen LogP contribution in [0.15, 0.2) is 24.3 Å². The van der Waals surface area contributed by atoms with Crippen molar-refractivity contribution in [2.24, 2.45) is 0 Å². The largest absolute Gasteiger partial charge is 0.493 e. The Morgan fingerprint density at radius 1 is 1.37 bits per heavy atom. The molecule has 1 aromatic carbocycles. The van der Waals surface area contributed by atoms with Gasteiger partial charge >= 0.3 is 0 Å². The van der Waals surface area contributed by atoms with Crippen molar-refractivity contribution in [1.29, 1.82) is 5.26 Å². The van der Waals surface area contributed by atoms with Crippen molar-refractivity contribution < 1.29 is 4.74 Å².